The second kappa shape index (κ2) is 7.68. The van der Waals surface area contributed by atoms with E-state index in [0.29, 0.717) is 23.3 Å². The summed E-state index contributed by atoms with van der Waals surface area (Å²) in [6.45, 7) is 4.94. The molecule has 0 amide bonds. The molecule has 1 fully saturated rings. The van der Waals surface area contributed by atoms with Crippen LogP contribution in [-0.2, 0) is 10.0 Å². The fraction of sp³-hybridized carbons (Fsp3) is 0.538. The normalized spacial score (nSPS) is 23.0. The lowest BCUT2D eigenvalue weighted by atomic mass is 10.1. The molecule has 1 aliphatic rings. The number of nitrogens with zero attached hydrogens (tertiary/aromatic N) is 1. The minimum Gasteiger partial charge on any atom is -0.495 e. The average Bonchev–Trinajstić information content (AvgIpc) is 2.43. The Kier molecular flexibility index (Phi) is 6.98. The van der Waals surface area contributed by atoms with E-state index < -0.39 is 10.0 Å². The lowest BCUT2D eigenvalue weighted by molar-refractivity contribution is 0.232. The van der Waals surface area contributed by atoms with Crippen LogP contribution in [0.25, 0.3) is 0 Å². The Bertz CT molecular complexity index is 642. The van der Waals surface area contributed by atoms with Crippen molar-refractivity contribution >= 4 is 50.0 Å². The molecule has 0 bridgehead atoms. The SMILES string of the molecule is COc1cc(Br)c(S(=O)(=O)N2CCNC(C)C2C)cc1Cl.Cl. The van der Waals surface area contributed by atoms with Gasteiger partial charge in [-0.3, -0.25) is 0 Å². The minimum absolute atomic E-state index is 0. The van der Waals surface area contributed by atoms with Gasteiger partial charge >= 0.3 is 0 Å². The summed E-state index contributed by atoms with van der Waals surface area (Å²) < 4.78 is 32.8. The lowest BCUT2D eigenvalue weighted by Crippen LogP contribution is -2.57. The smallest absolute Gasteiger partial charge is 0.244 e. The highest BCUT2D eigenvalue weighted by Crippen LogP contribution is 2.35. The highest BCUT2D eigenvalue weighted by atomic mass is 79.9. The van der Waals surface area contributed by atoms with E-state index in [2.05, 4.69) is 21.2 Å². The van der Waals surface area contributed by atoms with Gasteiger partial charge in [0.25, 0.3) is 0 Å². The zero-order chi connectivity index (χ0) is 15.8. The fourth-order valence-corrected chi connectivity index (χ4v) is 5.37. The summed E-state index contributed by atoms with van der Waals surface area (Å²) in [6, 6.07) is 2.97. The third kappa shape index (κ3) is 3.71. The molecule has 5 nitrogen and oxygen atoms in total. The van der Waals surface area contributed by atoms with Crippen LogP contribution in [0, 0.1) is 0 Å². The molecule has 126 valence electrons. The first kappa shape index (κ1) is 20.0. The van der Waals surface area contributed by atoms with Gasteiger partial charge in [-0.15, -0.1) is 12.4 Å². The summed E-state index contributed by atoms with van der Waals surface area (Å²) in [5.41, 5.74) is 0. The zero-order valence-electron chi connectivity index (χ0n) is 12.5. The molecule has 2 atom stereocenters. The van der Waals surface area contributed by atoms with Crippen LogP contribution in [0.3, 0.4) is 0 Å². The third-order valence-electron chi connectivity index (χ3n) is 3.77. The minimum atomic E-state index is -3.62. The number of nitrogens with one attached hydrogen (secondary N) is 1. The van der Waals surface area contributed by atoms with Crippen LogP contribution in [0.1, 0.15) is 13.8 Å². The van der Waals surface area contributed by atoms with Gasteiger partial charge in [-0.25, -0.2) is 8.42 Å². The average molecular weight is 434 g/mol. The van der Waals surface area contributed by atoms with E-state index in [0.717, 1.165) is 0 Å². The summed E-state index contributed by atoms with van der Waals surface area (Å²) >= 11 is 9.37. The van der Waals surface area contributed by atoms with Crippen molar-refractivity contribution in [3.05, 3.63) is 21.6 Å². The molecular weight excluding hydrogens is 415 g/mol. The largest absolute Gasteiger partial charge is 0.495 e. The quantitative estimate of drug-likeness (QED) is 0.796. The number of hydrogen-bond acceptors (Lipinski definition) is 4. The molecule has 0 aliphatic carbocycles. The van der Waals surface area contributed by atoms with Gasteiger partial charge in [0.2, 0.25) is 10.0 Å². The summed E-state index contributed by atoms with van der Waals surface area (Å²) in [4.78, 5) is 0.161. The van der Waals surface area contributed by atoms with Gasteiger partial charge in [-0.1, -0.05) is 11.6 Å². The molecule has 9 heteroatoms. The zero-order valence-corrected chi connectivity index (χ0v) is 16.4. The highest BCUT2D eigenvalue weighted by molar-refractivity contribution is 9.10. The molecule has 2 rings (SSSR count). The van der Waals surface area contributed by atoms with Gasteiger partial charge < -0.3 is 10.1 Å². The van der Waals surface area contributed by atoms with E-state index in [1.807, 2.05) is 13.8 Å². The van der Waals surface area contributed by atoms with E-state index in [4.69, 9.17) is 16.3 Å². The Morgan fingerprint density at radius 2 is 2.05 bits per heavy atom. The van der Waals surface area contributed by atoms with Crippen LogP contribution in [0.15, 0.2) is 21.5 Å². The number of piperazine rings is 1. The Morgan fingerprint density at radius 3 is 2.64 bits per heavy atom. The van der Waals surface area contributed by atoms with Gasteiger partial charge in [0.05, 0.1) is 17.0 Å². The number of rotatable bonds is 3. The van der Waals surface area contributed by atoms with Gasteiger partial charge in [-0.2, -0.15) is 4.31 Å². The van der Waals surface area contributed by atoms with Crippen molar-refractivity contribution < 1.29 is 13.2 Å². The first-order chi connectivity index (χ1) is 9.78. The maximum absolute atomic E-state index is 12.9. The van der Waals surface area contributed by atoms with Crippen LogP contribution in [0.4, 0.5) is 0 Å². The molecule has 0 radical (unpaired) electrons. The van der Waals surface area contributed by atoms with Crippen LogP contribution in [0.2, 0.25) is 5.02 Å². The Balaban J connectivity index is 0.00000242. The molecule has 0 spiro atoms. The molecule has 1 saturated heterocycles. The van der Waals surface area contributed by atoms with Crippen molar-refractivity contribution in [1.82, 2.24) is 9.62 Å². The topological polar surface area (TPSA) is 58.6 Å². The maximum atomic E-state index is 12.9. The van der Waals surface area contributed by atoms with Gasteiger partial charge in [0.1, 0.15) is 5.75 Å². The fourth-order valence-electron chi connectivity index (χ4n) is 2.36. The predicted octanol–water partition coefficient (Wildman–Crippen LogP) is 2.90. The number of benzene rings is 1. The second-order valence-corrected chi connectivity index (χ2v) is 8.14. The number of methoxy groups -OCH3 is 1. The number of sulfonamides is 1. The Labute approximate surface area is 150 Å². The van der Waals surface area contributed by atoms with E-state index in [-0.39, 0.29) is 34.4 Å². The monoisotopic (exact) mass is 432 g/mol. The lowest BCUT2D eigenvalue weighted by Gasteiger charge is -2.37. The standard InChI is InChI=1S/C13H18BrClN2O3S.ClH/c1-8-9(2)17(5-4-16-8)21(18,19)13-7-11(15)12(20-3)6-10(13)14;/h6-9,16H,4-5H2,1-3H3;1H. The van der Waals surface area contributed by atoms with E-state index in [1.165, 1.54) is 17.5 Å². The van der Waals surface area contributed by atoms with Crippen LogP contribution in [0.5, 0.6) is 5.75 Å². The predicted molar refractivity (Wildman–Crippen MR) is 93.8 cm³/mol. The van der Waals surface area contributed by atoms with Gasteiger partial charge in [0, 0.05) is 29.6 Å². The Morgan fingerprint density at radius 1 is 1.41 bits per heavy atom. The van der Waals surface area contributed by atoms with E-state index in [1.54, 1.807) is 6.07 Å². The molecule has 1 heterocycles. The summed E-state index contributed by atoms with van der Waals surface area (Å²) in [7, 11) is -2.13. The van der Waals surface area contributed by atoms with Crippen LogP contribution in [-0.4, -0.2) is 45.0 Å². The maximum Gasteiger partial charge on any atom is 0.244 e. The first-order valence-corrected chi connectivity index (χ1v) is 9.18. The first-order valence-electron chi connectivity index (χ1n) is 6.57. The summed E-state index contributed by atoms with van der Waals surface area (Å²) in [6.07, 6.45) is 0. The summed E-state index contributed by atoms with van der Waals surface area (Å²) in [5.74, 6) is 0.434. The molecule has 2 unspecified atom stereocenters. The van der Waals surface area contributed by atoms with E-state index >= 15 is 0 Å². The van der Waals surface area contributed by atoms with Crippen molar-refractivity contribution in [3.63, 3.8) is 0 Å². The van der Waals surface area contributed by atoms with Crippen LogP contribution < -0.4 is 10.1 Å². The highest BCUT2D eigenvalue weighted by Gasteiger charge is 2.35. The van der Waals surface area contributed by atoms with E-state index in [9.17, 15) is 8.42 Å². The van der Waals surface area contributed by atoms with Gasteiger partial charge in [0.15, 0.2) is 0 Å². The Hall–Kier alpha value is -0.0500. The van der Waals surface area contributed by atoms with Crippen LogP contribution >= 0.6 is 39.9 Å². The number of hydrogen-bond donors (Lipinski definition) is 1. The van der Waals surface area contributed by atoms with Crippen molar-refractivity contribution in [2.45, 2.75) is 30.8 Å². The molecule has 0 saturated carbocycles. The molecule has 1 aromatic carbocycles. The molecular formula is C13H19BrCl2N2O3S. The molecule has 1 aromatic rings. The molecule has 1 N–H and O–H groups in total. The second-order valence-electron chi connectivity index (χ2n) is 5.02. The molecule has 0 aromatic heterocycles. The number of ether oxygens (including phenoxy) is 1. The van der Waals surface area contributed by atoms with Crippen molar-refractivity contribution in [3.8, 4) is 5.75 Å². The molecule has 22 heavy (non-hydrogen) atoms. The third-order valence-corrected chi connectivity index (χ3v) is 7.01. The molecule has 1 aliphatic heterocycles. The van der Waals surface area contributed by atoms with Crippen molar-refractivity contribution in [2.24, 2.45) is 0 Å². The van der Waals surface area contributed by atoms with Crippen molar-refractivity contribution in [2.75, 3.05) is 20.2 Å². The number of halogens is 3. The van der Waals surface area contributed by atoms with Crippen molar-refractivity contribution in [1.29, 1.82) is 0 Å². The summed E-state index contributed by atoms with van der Waals surface area (Å²) in [5, 5.41) is 3.54. The van der Waals surface area contributed by atoms with Gasteiger partial charge in [-0.05, 0) is 41.9 Å².